The maximum absolute atomic E-state index is 13.9. The molecule has 0 unspecified atom stereocenters. The van der Waals surface area contributed by atoms with Crippen molar-refractivity contribution in [3.63, 3.8) is 0 Å². The number of rotatable bonds is 2. The maximum atomic E-state index is 13.9. The molecule has 25 heavy (non-hydrogen) atoms. The van der Waals surface area contributed by atoms with Crippen molar-refractivity contribution in [3.8, 4) is 0 Å². The molecule has 0 aromatic heterocycles. The molecule has 0 atom stereocenters. The zero-order valence-electron chi connectivity index (χ0n) is 14.4. The number of hydrogen-bond donors (Lipinski definition) is 1. The molecule has 1 aliphatic rings. The molecule has 2 aromatic carbocycles. The third kappa shape index (κ3) is 3.90. The van der Waals surface area contributed by atoms with Crippen molar-refractivity contribution in [1.82, 2.24) is 4.90 Å². The van der Waals surface area contributed by atoms with Crippen LogP contribution in [0.3, 0.4) is 0 Å². The summed E-state index contributed by atoms with van der Waals surface area (Å²) in [6.45, 7) is 5.54. The van der Waals surface area contributed by atoms with Gasteiger partial charge >= 0.3 is 6.03 Å². The van der Waals surface area contributed by atoms with Gasteiger partial charge in [-0.15, -0.1) is 0 Å². The van der Waals surface area contributed by atoms with Gasteiger partial charge in [0, 0.05) is 31.9 Å². The number of hydrogen-bond acceptors (Lipinski definition) is 2. The van der Waals surface area contributed by atoms with E-state index in [4.69, 9.17) is 0 Å². The number of piperazine rings is 1. The average Bonchev–Trinajstić information content (AvgIpc) is 2.54. The third-order valence-electron chi connectivity index (χ3n) is 4.29. The van der Waals surface area contributed by atoms with E-state index < -0.39 is 11.6 Å². The largest absolute Gasteiger partial charge is 0.363 e. The van der Waals surface area contributed by atoms with Crippen molar-refractivity contribution in [1.29, 1.82) is 0 Å². The molecule has 1 fully saturated rings. The van der Waals surface area contributed by atoms with Crippen LogP contribution in [0.1, 0.15) is 11.1 Å². The lowest BCUT2D eigenvalue weighted by Crippen LogP contribution is -2.50. The standard InChI is InChI=1S/C19H21F2N3O/c1-13-10-14(2)12-15(11-13)22-19(25)24-8-6-23(7-9-24)18-16(20)4-3-5-17(18)21/h3-5,10-12H,6-9H2,1-2H3,(H,22,25). The first kappa shape index (κ1) is 17.2. The SMILES string of the molecule is Cc1cc(C)cc(NC(=O)N2CCN(c3c(F)cccc3F)CC2)c1. The highest BCUT2D eigenvalue weighted by atomic mass is 19.1. The number of anilines is 2. The Balaban J connectivity index is 1.63. The van der Waals surface area contributed by atoms with Crippen LogP contribution in [0.4, 0.5) is 25.0 Å². The normalized spacial score (nSPS) is 14.6. The van der Waals surface area contributed by atoms with Gasteiger partial charge in [-0.1, -0.05) is 12.1 Å². The topological polar surface area (TPSA) is 35.6 Å². The van der Waals surface area contributed by atoms with E-state index in [2.05, 4.69) is 5.32 Å². The van der Waals surface area contributed by atoms with E-state index in [9.17, 15) is 13.6 Å². The van der Waals surface area contributed by atoms with Crippen molar-refractivity contribution < 1.29 is 13.6 Å². The number of nitrogens with zero attached hydrogens (tertiary/aromatic N) is 2. The zero-order chi connectivity index (χ0) is 18.0. The van der Waals surface area contributed by atoms with Crippen molar-refractivity contribution in [2.45, 2.75) is 13.8 Å². The molecule has 2 aromatic rings. The monoisotopic (exact) mass is 345 g/mol. The molecule has 132 valence electrons. The molecule has 0 saturated carbocycles. The van der Waals surface area contributed by atoms with Crippen LogP contribution in [0, 0.1) is 25.5 Å². The first-order chi connectivity index (χ1) is 11.9. The Labute approximate surface area is 146 Å². The second kappa shape index (κ2) is 7.09. The summed E-state index contributed by atoms with van der Waals surface area (Å²) >= 11 is 0. The predicted octanol–water partition coefficient (Wildman–Crippen LogP) is 3.94. The molecule has 0 radical (unpaired) electrons. The van der Waals surface area contributed by atoms with Gasteiger partial charge in [0.25, 0.3) is 0 Å². The quantitative estimate of drug-likeness (QED) is 0.895. The third-order valence-corrected chi connectivity index (χ3v) is 4.29. The number of carbonyl (C=O) groups is 1. The molecule has 1 saturated heterocycles. The number of halogens is 2. The Morgan fingerprint density at radius 2 is 1.52 bits per heavy atom. The van der Waals surface area contributed by atoms with Crippen molar-refractivity contribution in [2.24, 2.45) is 0 Å². The van der Waals surface area contributed by atoms with Gasteiger partial charge < -0.3 is 15.1 Å². The molecule has 3 rings (SSSR count). The summed E-state index contributed by atoms with van der Waals surface area (Å²) in [6, 6.07) is 9.51. The van der Waals surface area contributed by atoms with E-state index in [1.165, 1.54) is 18.2 Å². The number of para-hydroxylation sites is 1. The number of amides is 2. The first-order valence-corrected chi connectivity index (χ1v) is 8.27. The number of carbonyl (C=O) groups excluding carboxylic acids is 1. The number of nitrogens with one attached hydrogen (secondary N) is 1. The summed E-state index contributed by atoms with van der Waals surface area (Å²) in [4.78, 5) is 15.7. The summed E-state index contributed by atoms with van der Waals surface area (Å²) in [5.41, 5.74) is 2.90. The van der Waals surface area contributed by atoms with Crippen LogP contribution in [0.5, 0.6) is 0 Å². The van der Waals surface area contributed by atoms with Crippen LogP contribution in [0.15, 0.2) is 36.4 Å². The highest BCUT2D eigenvalue weighted by molar-refractivity contribution is 5.89. The summed E-state index contributed by atoms with van der Waals surface area (Å²) < 4.78 is 27.8. The van der Waals surface area contributed by atoms with E-state index in [-0.39, 0.29) is 11.7 Å². The highest BCUT2D eigenvalue weighted by Gasteiger charge is 2.24. The highest BCUT2D eigenvalue weighted by Crippen LogP contribution is 2.24. The van der Waals surface area contributed by atoms with Crippen LogP contribution in [-0.2, 0) is 0 Å². The number of benzene rings is 2. The summed E-state index contributed by atoms with van der Waals surface area (Å²) in [5.74, 6) is -1.15. The van der Waals surface area contributed by atoms with Crippen LogP contribution in [0.2, 0.25) is 0 Å². The second-order valence-corrected chi connectivity index (χ2v) is 6.35. The Hall–Kier alpha value is -2.63. The summed E-state index contributed by atoms with van der Waals surface area (Å²) in [7, 11) is 0. The van der Waals surface area contributed by atoms with Crippen LogP contribution >= 0.6 is 0 Å². The van der Waals surface area contributed by atoms with Crippen molar-refractivity contribution in [3.05, 3.63) is 59.2 Å². The van der Waals surface area contributed by atoms with Gasteiger partial charge in [-0.2, -0.15) is 0 Å². The smallest absolute Gasteiger partial charge is 0.321 e. The predicted molar refractivity (Wildman–Crippen MR) is 95.1 cm³/mol. The molecule has 6 heteroatoms. The second-order valence-electron chi connectivity index (χ2n) is 6.35. The average molecular weight is 345 g/mol. The van der Waals surface area contributed by atoms with E-state index in [1.807, 2.05) is 32.0 Å². The van der Waals surface area contributed by atoms with Crippen LogP contribution < -0.4 is 10.2 Å². The number of aryl methyl sites for hydroxylation is 2. The van der Waals surface area contributed by atoms with E-state index >= 15 is 0 Å². The summed E-state index contributed by atoms with van der Waals surface area (Å²) in [5, 5.41) is 2.89. The van der Waals surface area contributed by atoms with Gasteiger partial charge in [-0.05, 0) is 49.2 Å². The number of urea groups is 1. The Kier molecular flexibility index (Phi) is 4.88. The van der Waals surface area contributed by atoms with Gasteiger partial charge in [0.15, 0.2) is 0 Å². The molecule has 1 aliphatic heterocycles. The Morgan fingerprint density at radius 1 is 0.960 bits per heavy atom. The minimum absolute atomic E-state index is 0.0168. The van der Waals surface area contributed by atoms with Crippen molar-refractivity contribution in [2.75, 3.05) is 36.4 Å². The lowest BCUT2D eigenvalue weighted by Gasteiger charge is -2.36. The first-order valence-electron chi connectivity index (χ1n) is 8.27. The Bertz CT molecular complexity index is 746. The fourth-order valence-electron chi connectivity index (χ4n) is 3.17. The Morgan fingerprint density at radius 3 is 2.08 bits per heavy atom. The van der Waals surface area contributed by atoms with Gasteiger partial charge in [0.05, 0.1) is 0 Å². The molecule has 1 N–H and O–H groups in total. The summed E-state index contributed by atoms with van der Waals surface area (Å²) in [6.07, 6.45) is 0. The fourth-order valence-corrected chi connectivity index (χ4v) is 3.17. The van der Waals surface area contributed by atoms with E-state index in [0.717, 1.165) is 16.8 Å². The molecule has 0 bridgehead atoms. The van der Waals surface area contributed by atoms with Gasteiger partial charge in [0.2, 0.25) is 0 Å². The van der Waals surface area contributed by atoms with Crippen molar-refractivity contribution >= 4 is 17.4 Å². The molecule has 1 heterocycles. The molecule has 0 aliphatic carbocycles. The van der Waals surface area contributed by atoms with Gasteiger partial charge in [0.1, 0.15) is 17.3 Å². The molecule has 2 amide bonds. The minimum Gasteiger partial charge on any atom is -0.363 e. The molecule has 0 spiro atoms. The van der Waals surface area contributed by atoms with E-state index in [0.29, 0.717) is 26.2 Å². The fraction of sp³-hybridized carbons (Fsp3) is 0.316. The minimum atomic E-state index is -0.576. The lowest BCUT2D eigenvalue weighted by atomic mass is 10.1. The molecular weight excluding hydrogens is 324 g/mol. The van der Waals surface area contributed by atoms with Gasteiger partial charge in [-0.3, -0.25) is 0 Å². The molecule has 4 nitrogen and oxygen atoms in total. The van der Waals surface area contributed by atoms with Gasteiger partial charge in [-0.25, -0.2) is 13.6 Å². The molecular formula is C19H21F2N3O. The lowest BCUT2D eigenvalue weighted by molar-refractivity contribution is 0.208. The van der Waals surface area contributed by atoms with Crippen LogP contribution in [0.25, 0.3) is 0 Å². The van der Waals surface area contributed by atoms with Crippen LogP contribution in [-0.4, -0.2) is 37.1 Å². The maximum Gasteiger partial charge on any atom is 0.321 e. The van der Waals surface area contributed by atoms with E-state index in [1.54, 1.807) is 9.80 Å². The zero-order valence-corrected chi connectivity index (χ0v) is 14.4.